The summed E-state index contributed by atoms with van der Waals surface area (Å²) in [5, 5.41) is 8.63. The number of piperidine rings is 1. The second-order valence-electron chi connectivity index (χ2n) is 4.76. The molecule has 98 valence electrons. The molecule has 0 atom stereocenters. The van der Waals surface area contributed by atoms with Gasteiger partial charge in [-0.2, -0.15) is 0 Å². The monoisotopic (exact) mass is 262 g/mol. The quantitative estimate of drug-likeness (QED) is 0.806. The number of rotatable bonds is 3. The van der Waals surface area contributed by atoms with E-state index in [9.17, 15) is 13.2 Å². The zero-order valence-electron chi connectivity index (χ0n) is 9.87. The van der Waals surface area contributed by atoms with Crippen LogP contribution in [0.25, 0.3) is 0 Å². The smallest absolute Gasteiger partial charge is 0.407 e. The molecule has 0 bridgehead atoms. The van der Waals surface area contributed by atoms with Gasteiger partial charge in [0.2, 0.25) is 10.0 Å². The minimum atomic E-state index is -3.14. The molecule has 0 radical (unpaired) electrons. The molecule has 0 aromatic heterocycles. The Balaban J connectivity index is 1.94. The Hall–Kier alpha value is -0.820. The number of hydrogen-bond donors (Lipinski definition) is 1. The lowest BCUT2D eigenvalue weighted by Gasteiger charge is -2.34. The van der Waals surface area contributed by atoms with Gasteiger partial charge < -0.3 is 10.0 Å². The summed E-state index contributed by atoms with van der Waals surface area (Å²) >= 11 is 0. The number of amides is 1. The molecule has 1 N–H and O–H groups in total. The van der Waals surface area contributed by atoms with Crippen molar-refractivity contribution in [2.75, 3.05) is 20.1 Å². The molecule has 6 nitrogen and oxygen atoms in total. The number of nitrogens with zero attached hydrogens (tertiary/aromatic N) is 2. The van der Waals surface area contributed by atoms with Gasteiger partial charge in [0.1, 0.15) is 0 Å². The first-order valence-electron chi connectivity index (χ1n) is 5.87. The molecule has 17 heavy (non-hydrogen) atoms. The van der Waals surface area contributed by atoms with Crippen molar-refractivity contribution in [3.8, 4) is 0 Å². The van der Waals surface area contributed by atoms with Crippen LogP contribution in [0.1, 0.15) is 25.7 Å². The van der Waals surface area contributed by atoms with Gasteiger partial charge in [0, 0.05) is 26.2 Å². The van der Waals surface area contributed by atoms with E-state index in [0.29, 0.717) is 25.9 Å². The molecule has 2 fully saturated rings. The topological polar surface area (TPSA) is 77.9 Å². The highest BCUT2D eigenvalue weighted by atomic mass is 32.2. The Labute approximate surface area is 101 Å². The van der Waals surface area contributed by atoms with Crippen LogP contribution in [-0.4, -0.2) is 60.3 Å². The lowest BCUT2D eigenvalue weighted by atomic mass is 10.1. The molecule has 0 aromatic carbocycles. The van der Waals surface area contributed by atoms with Crippen LogP contribution in [0, 0.1) is 0 Å². The SMILES string of the molecule is CN(C1CCN(C(=O)O)CC1)S(=O)(=O)C1CC1. The molecule has 1 saturated heterocycles. The zero-order chi connectivity index (χ0) is 12.6. The molecule has 1 heterocycles. The van der Waals surface area contributed by atoms with Crippen LogP contribution in [0.3, 0.4) is 0 Å². The first kappa shape index (κ1) is 12.6. The molecular formula is C10H18N2O4S. The summed E-state index contributed by atoms with van der Waals surface area (Å²) in [5.41, 5.74) is 0. The molecule has 1 saturated carbocycles. The molecule has 2 aliphatic rings. The third-order valence-electron chi connectivity index (χ3n) is 3.60. The maximum absolute atomic E-state index is 12.0. The molecule has 1 amide bonds. The van der Waals surface area contributed by atoms with Crippen molar-refractivity contribution < 1.29 is 18.3 Å². The van der Waals surface area contributed by atoms with E-state index in [-0.39, 0.29) is 11.3 Å². The van der Waals surface area contributed by atoms with E-state index in [0.717, 1.165) is 12.8 Å². The zero-order valence-corrected chi connectivity index (χ0v) is 10.7. The minimum absolute atomic E-state index is 0.0452. The fourth-order valence-electron chi connectivity index (χ4n) is 2.23. The third-order valence-corrected chi connectivity index (χ3v) is 6.01. The molecule has 7 heteroatoms. The van der Waals surface area contributed by atoms with E-state index in [1.54, 1.807) is 7.05 Å². The van der Waals surface area contributed by atoms with E-state index in [4.69, 9.17) is 5.11 Å². The van der Waals surface area contributed by atoms with E-state index in [2.05, 4.69) is 0 Å². The van der Waals surface area contributed by atoms with E-state index in [1.807, 2.05) is 0 Å². The number of carbonyl (C=O) groups is 1. The van der Waals surface area contributed by atoms with Crippen molar-refractivity contribution in [1.82, 2.24) is 9.21 Å². The van der Waals surface area contributed by atoms with E-state index in [1.165, 1.54) is 9.21 Å². The molecule has 0 aromatic rings. The van der Waals surface area contributed by atoms with Crippen LogP contribution in [0.2, 0.25) is 0 Å². The molecule has 1 aliphatic carbocycles. The van der Waals surface area contributed by atoms with Gasteiger partial charge in [-0.25, -0.2) is 17.5 Å². The lowest BCUT2D eigenvalue weighted by Crippen LogP contribution is -2.47. The van der Waals surface area contributed by atoms with Crippen LogP contribution < -0.4 is 0 Å². The standard InChI is InChI=1S/C10H18N2O4S/c1-11(17(15,16)9-2-3-9)8-4-6-12(7-5-8)10(13)14/h8-9H,2-7H2,1H3,(H,13,14). The normalized spacial score (nSPS) is 23.1. The van der Waals surface area contributed by atoms with Gasteiger partial charge >= 0.3 is 6.09 Å². The van der Waals surface area contributed by atoms with Crippen molar-refractivity contribution in [3.05, 3.63) is 0 Å². The van der Waals surface area contributed by atoms with Gasteiger partial charge in [0.25, 0.3) is 0 Å². The Morgan fingerprint density at radius 1 is 1.24 bits per heavy atom. The van der Waals surface area contributed by atoms with Crippen molar-refractivity contribution >= 4 is 16.1 Å². The highest BCUT2D eigenvalue weighted by Gasteiger charge is 2.41. The van der Waals surface area contributed by atoms with Gasteiger partial charge in [0.15, 0.2) is 0 Å². The summed E-state index contributed by atoms with van der Waals surface area (Å²) in [6.45, 7) is 0.842. The summed E-state index contributed by atoms with van der Waals surface area (Å²) in [7, 11) is -1.52. The minimum Gasteiger partial charge on any atom is -0.465 e. The Kier molecular flexibility index (Phi) is 3.31. The third kappa shape index (κ3) is 2.55. The Morgan fingerprint density at radius 3 is 2.18 bits per heavy atom. The predicted octanol–water partition coefficient (Wildman–Crippen LogP) is 0.553. The van der Waals surface area contributed by atoms with Crippen LogP contribution in [0.5, 0.6) is 0 Å². The van der Waals surface area contributed by atoms with E-state index >= 15 is 0 Å². The molecule has 0 spiro atoms. The highest BCUT2D eigenvalue weighted by molar-refractivity contribution is 7.90. The molecule has 2 rings (SSSR count). The second kappa shape index (κ2) is 4.45. The molecular weight excluding hydrogens is 244 g/mol. The summed E-state index contributed by atoms with van der Waals surface area (Å²) in [4.78, 5) is 12.1. The number of carboxylic acid groups (broad SMARTS) is 1. The van der Waals surface area contributed by atoms with Crippen molar-refractivity contribution in [2.45, 2.75) is 37.0 Å². The Bertz CT molecular complexity index is 397. The Morgan fingerprint density at radius 2 is 1.76 bits per heavy atom. The maximum Gasteiger partial charge on any atom is 0.407 e. The average molecular weight is 262 g/mol. The number of sulfonamides is 1. The van der Waals surface area contributed by atoms with Gasteiger partial charge in [-0.15, -0.1) is 0 Å². The number of likely N-dealkylation sites (tertiary alicyclic amines) is 1. The highest BCUT2D eigenvalue weighted by Crippen LogP contribution is 2.32. The fraction of sp³-hybridized carbons (Fsp3) is 0.900. The first-order chi connectivity index (χ1) is 7.93. The summed E-state index contributed by atoms with van der Waals surface area (Å²) in [6, 6.07) is -0.0452. The predicted molar refractivity (Wildman–Crippen MR) is 62.3 cm³/mol. The largest absolute Gasteiger partial charge is 0.465 e. The summed E-state index contributed by atoms with van der Waals surface area (Å²) in [6.07, 6.45) is 1.79. The van der Waals surface area contributed by atoms with Crippen LogP contribution in [-0.2, 0) is 10.0 Å². The van der Waals surface area contributed by atoms with Gasteiger partial charge in [-0.1, -0.05) is 0 Å². The van der Waals surface area contributed by atoms with Crippen molar-refractivity contribution in [3.63, 3.8) is 0 Å². The lowest BCUT2D eigenvalue weighted by molar-refractivity contribution is 0.121. The van der Waals surface area contributed by atoms with Crippen LogP contribution >= 0.6 is 0 Å². The van der Waals surface area contributed by atoms with Crippen LogP contribution in [0.4, 0.5) is 4.79 Å². The molecule has 0 unspecified atom stereocenters. The average Bonchev–Trinajstić information content (AvgIpc) is 3.12. The van der Waals surface area contributed by atoms with Gasteiger partial charge in [0.05, 0.1) is 5.25 Å². The van der Waals surface area contributed by atoms with E-state index < -0.39 is 16.1 Å². The summed E-state index contributed by atoms with van der Waals surface area (Å²) < 4.78 is 25.5. The summed E-state index contributed by atoms with van der Waals surface area (Å²) in [5.74, 6) is 0. The number of hydrogen-bond acceptors (Lipinski definition) is 3. The maximum atomic E-state index is 12.0. The van der Waals surface area contributed by atoms with Crippen molar-refractivity contribution in [2.24, 2.45) is 0 Å². The van der Waals surface area contributed by atoms with Gasteiger partial charge in [-0.3, -0.25) is 0 Å². The first-order valence-corrected chi connectivity index (χ1v) is 7.38. The second-order valence-corrected chi connectivity index (χ2v) is 7.03. The van der Waals surface area contributed by atoms with Crippen LogP contribution in [0.15, 0.2) is 0 Å². The van der Waals surface area contributed by atoms with Gasteiger partial charge in [-0.05, 0) is 25.7 Å². The molecule has 1 aliphatic heterocycles. The van der Waals surface area contributed by atoms with Crippen molar-refractivity contribution in [1.29, 1.82) is 0 Å². The fourth-order valence-corrected chi connectivity index (χ4v) is 4.06.